The SMILES string of the molecule is O=C1CC(O)CN1Cc1cccc([N+](=O)[O-])c1. The van der Waals surface area contributed by atoms with Crippen LogP contribution in [0.4, 0.5) is 5.69 Å². The number of hydrogen-bond acceptors (Lipinski definition) is 4. The van der Waals surface area contributed by atoms with E-state index in [2.05, 4.69) is 0 Å². The van der Waals surface area contributed by atoms with Crippen LogP contribution in [0, 0.1) is 10.1 Å². The summed E-state index contributed by atoms with van der Waals surface area (Å²) in [6.07, 6.45) is -0.490. The fourth-order valence-corrected chi connectivity index (χ4v) is 1.89. The summed E-state index contributed by atoms with van der Waals surface area (Å²) in [5, 5.41) is 19.9. The highest BCUT2D eigenvalue weighted by Crippen LogP contribution is 2.18. The third kappa shape index (κ3) is 2.59. The van der Waals surface area contributed by atoms with Gasteiger partial charge in [0.1, 0.15) is 0 Å². The van der Waals surface area contributed by atoms with E-state index in [4.69, 9.17) is 0 Å². The first-order valence-electron chi connectivity index (χ1n) is 5.25. The molecule has 1 heterocycles. The molecule has 17 heavy (non-hydrogen) atoms. The molecule has 0 bridgehead atoms. The Balaban J connectivity index is 2.11. The molecule has 1 aliphatic rings. The third-order valence-electron chi connectivity index (χ3n) is 2.69. The van der Waals surface area contributed by atoms with Crippen molar-refractivity contribution in [2.24, 2.45) is 0 Å². The number of likely N-dealkylation sites (tertiary alicyclic amines) is 1. The molecule has 1 saturated heterocycles. The van der Waals surface area contributed by atoms with Crippen molar-refractivity contribution in [2.75, 3.05) is 6.54 Å². The minimum atomic E-state index is -0.624. The van der Waals surface area contributed by atoms with E-state index in [1.54, 1.807) is 12.1 Å². The molecule has 1 fully saturated rings. The largest absolute Gasteiger partial charge is 0.391 e. The predicted molar refractivity (Wildman–Crippen MR) is 59.1 cm³/mol. The molecule has 0 radical (unpaired) electrons. The summed E-state index contributed by atoms with van der Waals surface area (Å²) in [4.78, 5) is 23.1. The highest BCUT2D eigenvalue weighted by molar-refractivity contribution is 5.79. The fraction of sp³-hybridized carbons (Fsp3) is 0.364. The van der Waals surface area contributed by atoms with Gasteiger partial charge >= 0.3 is 0 Å². The Morgan fingerprint density at radius 1 is 1.53 bits per heavy atom. The van der Waals surface area contributed by atoms with Crippen LogP contribution >= 0.6 is 0 Å². The van der Waals surface area contributed by atoms with Crippen molar-refractivity contribution in [2.45, 2.75) is 19.1 Å². The summed E-state index contributed by atoms with van der Waals surface area (Å²) in [6, 6.07) is 6.16. The number of β-amino-alcohol motifs (C(OH)–C–C–N with tert-alkyl or cyclic N) is 1. The molecular weight excluding hydrogens is 224 g/mol. The molecule has 1 amide bonds. The van der Waals surface area contributed by atoms with E-state index in [0.717, 1.165) is 0 Å². The van der Waals surface area contributed by atoms with Crippen molar-refractivity contribution in [3.63, 3.8) is 0 Å². The molecule has 1 aliphatic heterocycles. The number of carbonyl (C=O) groups is 1. The maximum Gasteiger partial charge on any atom is 0.269 e. The summed E-state index contributed by atoms with van der Waals surface area (Å²) in [6.45, 7) is 0.596. The number of aliphatic hydroxyl groups excluding tert-OH is 1. The molecule has 1 N–H and O–H groups in total. The van der Waals surface area contributed by atoms with Crippen LogP contribution in [0.1, 0.15) is 12.0 Å². The highest BCUT2D eigenvalue weighted by atomic mass is 16.6. The molecule has 6 heteroatoms. The van der Waals surface area contributed by atoms with Gasteiger partial charge in [-0.05, 0) is 5.56 Å². The fourth-order valence-electron chi connectivity index (χ4n) is 1.89. The maximum atomic E-state index is 11.4. The second kappa shape index (κ2) is 4.50. The normalized spacial score (nSPS) is 19.7. The van der Waals surface area contributed by atoms with Crippen molar-refractivity contribution >= 4 is 11.6 Å². The Bertz CT molecular complexity index is 461. The number of non-ortho nitro benzene ring substituents is 1. The van der Waals surface area contributed by atoms with Gasteiger partial charge in [-0.2, -0.15) is 0 Å². The minimum Gasteiger partial charge on any atom is -0.391 e. The Morgan fingerprint density at radius 2 is 2.29 bits per heavy atom. The van der Waals surface area contributed by atoms with Crippen LogP contribution in [-0.2, 0) is 11.3 Å². The van der Waals surface area contributed by atoms with Gasteiger partial charge in [-0.25, -0.2) is 0 Å². The van der Waals surface area contributed by atoms with Crippen LogP contribution in [0.5, 0.6) is 0 Å². The van der Waals surface area contributed by atoms with Crippen molar-refractivity contribution in [1.82, 2.24) is 4.90 Å². The monoisotopic (exact) mass is 236 g/mol. The van der Waals surface area contributed by atoms with Gasteiger partial charge in [0.2, 0.25) is 5.91 Å². The first-order chi connectivity index (χ1) is 8.06. The average molecular weight is 236 g/mol. The Kier molecular flexibility index (Phi) is 3.06. The lowest BCUT2D eigenvalue weighted by Crippen LogP contribution is -2.25. The second-order valence-electron chi connectivity index (χ2n) is 4.06. The van der Waals surface area contributed by atoms with E-state index in [1.165, 1.54) is 17.0 Å². The van der Waals surface area contributed by atoms with Gasteiger partial charge in [-0.15, -0.1) is 0 Å². The zero-order valence-electron chi connectivity index (χ0n) is 9.07. The first-order valence-corrected chi connectivity index (χ1v) is 5.25. The van der Waals surface area contributed by atoms with E-state index < -0.39 is 11.0 Å². The molecule has 0 spiro atoms. The number of rotatable bonds is 3. The van der Waals surface area contributed by atoms with Crippen LogP contribution in [-0.4, -0.2) is 33.5 Å². The van der Waals surface area contributed by atoms with Crippen LogP contribution in [0.3, 0.4) is 0 Å². The summed E-state index contributed by atoms with van der Waals surface area (Å²) >= 11 is 0. The number of aliphatic hydroxyl groups is 1. The average Bonchev–Trinajstić information content (AvgIpc) is 2.58. The lowest BCUT2D eigenvalue weighted by atomic mass is 10.2. The van der Waals surface area contributed by atoms with E-state index in [1.807, 2.05) is 0 Å². The molecule has 1 aromatic carbocycles. The number of nitro groups is 1. The molecule has 0 aliphatic carbocycles. The van der Waals surface area contributed by atoms with Gasteiger partial charge in [0.25, 0.3) is 5.69 Å². The Hall–Kier alpha value is -1.95. The first kappa shape index (κ1) is 11.5. The zero-order valence-corrected chi connectivity index (χ0v) is 9.07. The van der Waals surface area contributed by atoms with Crippen molar-refractivity contribution in [3.8, 4) is 0 Å². The minimum absolute atomic E-state index is 0.00898. The van der Waals surface area contributed by atoms with Gasteiger partial charge < -0.3 is 10.0 Å². The predicted octanol–water partition coefficient (Wildman–Crippen LogP) is 0.688. The van der Waals surface area contributed by atoms with Gasteiger partial charge in [0.05, 0.1) is 17.4 Å². The Morgan fingerprint density at radius 3 is 2.88 bits per heavy atom. The van der Waals surface area contributed by atoms with E-state index >= 15 is 0 Å². The quantitative estimate of drug-likeness (QED) is 0.618. The van der Waals surface area contributed by atoms with Gasteiger partial charge in [0.15, 0.2) is 0 Å². The van der Waals surface area contributed by atoms with Gasteiger partial charge in [-0.1, -0.05) is 12.1 Å². The van der Waals surface area contributed by atoms with Crippen molar-refractivity contribution in [3.05, 3.63) is 39.9 Å². The molecule has 1 atom stereocenters. The van der Waals surface area contributed by atoms with E-state index in [0.29, 0.717) is 18.7 Å². The number of amides is 1. The van der Waals surface area contributed by atoms with Crippen LogP contribution in [0.15, 0.2) is 24.3 Å². The molecule has 1 aromatic rings. The maximum absolute atomic E-state index is 11.4. The van der Waals surface area contributed by atoms with Gasteiger partial charge in [0, 0.05) is 25.2 Å². The molecule has 90 valence electrons. The highest BCUT2D eigenvalue weighted by Gasteiger charge is 2.27. The van der Waals surface area contributed by atoms with E-state index in [9.17, 15) is 20.0 Å². The third-order valence-corrected chi connectivity index (χ3v) is 2.69. The van der Waals surface area contributed by atoms with Gasteiger partial charge in [-0.3, -0.25) is 14.9 Å². The second-order valence-corrected chi connectivity index (χ2v) is 4.06. The number of carbonyl (C=O) groups excluding carboxylic acids is 1. The number of benzene rings is 1. The Labute approximate surface area is 97.6 Å². The number of nitro benzene ring substituents is 1. The topological polar surface area (TPSA) is 83.7 Å². The molecule has 0 aromatic heterocycles. The number of nitrogens with zero attached hydrogens (tertiary/aromatic N) is 2. The summed E-state index contributed by atoms with van der Waals surface area (Å²) in [7, 11) is 0. The lowest BCUT2D eigenvalue weighted by Gasteiger charge is -2.15. The number of hydrogen-bond donors (Lipinski definition) is 1. The zero-order chi connectivity index (χ0) is 12.4. The van der Waals surface area contributed by atoms with Crippen LogP contribution in [0.25, 0.3) is 0 Å². The molecule has 2 rings (SSSR count). The molecular formula is C11H12N2O4. The molecule has 1 unspecified atom stereocenters. The standard InChI is InChI=1S/C11H12N2O4/c14-10-5-11(15)12(7-10)6-8-2-1-3-9(4-8)13(16)17/h1-4,10,14H,5-7H2. The smallest absolute Gasteiger partial charge is 0.269 e. The van der Waals surface area contributed by atoms with E-state index in [-0.39, 0.29) is 18.0 Å². The lowest BCUT2D eigenvalue weighted by molar-refractivity contribution is -0.384. The summed E-state index contributed by atoms with van der Waals surface area (Å²) in [5.41, 5.74) is 0.705. The van der Waals surface area contributed by atoms with Crippen LogP contribution < -0.4 is 0 Å². The van der Waals surface area contributed by atoms with Crippen LogP contribution in [0.2, 0.25) is 0 Å². The summed E-state index contributed by atoms with van der Waals surface area (Å²) in [5.74, 6) is -0.121. The molecule has 6 nitrogen and oxygen atoms in total. The molecule has 0 saturated carbocycles. The van der Waals surface area contributed by atoms with Crippen molar-refractivity contribution in [1.29, 1.82) is 0 Å². The summed E-state index contributed by atoms with van der Waals surface area (Å²) < 4.78 is 0. The van der Waals surface area contributed by atoms with Crippen molar-refractivity contribution < 1.29 is 14.8 Å².